The maximum Gasteiger partial charge on any atom is 0.349 e. The molecule has 0 unspecified atom stereocenters. The van der Waals surface area contributed by atoms with E-state index in [0.29, 0.717) is 22.6 Å². The first-order valence-corrected chi connectivity index (χ1v) is 8.24. The summed E-state index contributed by atoms with van der Waals surface area (Å²) in [5.41, 5.74) is 1.30. The highest BCUT2D eigenvalue weighted by molar-refractivity contribution is 6.01. The van der Waals surface area contributed by atoms with Crippen LogP contribution in [0.4, 0.5) is 5.69 Å². The molecule has 28 heavy (non-hydrogen) atoms. The van der Waals surface area contributed by atoms with Gasteiger partial charge in [-0.2, -0.15) is 10.5 Å². The standard InChI is InChI=1S/C21H17N3O4/c1-14(20(25)24-18-7-3-16(12-22)4-8-18)28-21(26)17(13-23)11-15-5-9-19(27-2)10-6-15/h3-11,14H,1-2H3,(H,24,25)/b17-11+/t14-/m1/s1. The predicted octanol–water partition coefficient (Wildman–Crippen LogP) is 3.04. The molecule has 1 atom stereocenters. The van der Waals surface area contributed by atoms with E-state index in [-0.39, 0.29) is 5.57 Å². The average molecular weight is 375 g/mol. The van der Waals surface area contributed by atoms with E-state index in [0.717, 1.165) is 0 Å². The molecule has 0 aliphatic heterocycles. The number of nitriles is 2. The van der Waals surface area contributed by atoms with Crippen molar-refractivity contribution >= 4 is 23.6 Å². The molecule has 0 saturated heterocycles. The van der Waals surface area contributed by atoms with Gasteiger partial charge < -0.3 is 14.8 Å². The number of carbonyl (C=O) groups excluding carboxylic acids is 2. The third-order valence-corrected chi connectivity index (χ3v) is 3.70. The van der Waals surface area contributed by atoms with Gasteiger partial charge in [0.25, 0.3) is 5.91 Å². The minimum Gasteiger partial charge on any atom is -0.497 e. The quantitative estimate of drug-likeness (QED) is 0.472. The monoisotopic (exact) mass is 375 g/mol. The van der Waals surface area contributed by atoms with Crippen LogP contribution in [-0.4, -0.2) is 25.1 Å². The number of nitrogens with one attached hydrogen (secondary N) is 1. The summed E-state index contributed by atoms with van der Waals surface area (Å²) in [5, 5.41) is 20.6. The topological polar surface area (TPSA) is 112 Å². The van der Waals surface area contributed by atoms with Gasteiger partial charge in [0.05, 0.1) is 18.7 Å². The second kappa shape index (κ2) is 9.56. The Bertz CT molecular complexity index is 965. The van der Waals surface area contributed by atoms with Crippen LogP contribution in [0.1, 0.15) is 18.1 Å². The summed E-state index contributed by atoms with van der Waals surface area (Å²) in [6.45, 7) is 1.40. The number of hydrogen-bond acceptors (Lipinski definition) is 6. The van der Waals surface area contributed by atoms with Gasteiger partial charge in [0.15, 0.2) is 6.10 Å². The molecule has 1 amide bonds. The zero-order valence-electron chi connectivity index (χ0n) is 15.3. The molecule has 0 fully saturated rings. The van der Waals surface area contributed by atoms with Crippen molar-refractivity contribution in [1.82, 2.24) is 0 Å². The third kappa shape index (κ3) is 5.45. The fraction of sp³-hybridized carbons (Fsp3) is 0.143. The molecular weight excluding hydrogens is 358 g/mol. The second-order valence-corrected chi connectivity index (χ2v) is 5.67. The lowest BCUT2D eigenvalue weighted by molar-refractivity contribution is -0.148. The number of methoxy groups -OCH3 is 1. The van der Waals surface area contributed by atoms with Crippen molar-refractivity contribution in [2.75, 3.05) is 12.4 Å². The third-order valence-electron chi connectivity index (χ3n) is 3.70. The number of carbonyl (C=O) groups is 2. The van der Waals surface area contributed by atoms with Crippen LogP contribution in [0.15, 0.2) is 54.1 Å². The van der Waals surface area contributed by atoms with Crippen LogP contribution < -0.4 is 10.1 Å². The van der Waals surface area contributed by atoms with E-state index < -0.39 is 18.0 Å². The van der Waals surface area contributed by atoms with Crippen molar-refractivity contribution in [2.24, 2.45) is 0 Å². The highest BCUT2D eigenvalue weighted by Gasteiger charge is 2.20. The van der Waals surface area contributed by atoms with Gasteiger partial charge >= 0.3 is 5.97 Å². The Hall–Kier alpha value is -4.10. The molecule has 2 rings (SSSR count). The second-order valence-electron chi connectivity index (χ2n) is 5.67. The molecule has 2 aromatic carbocycles. The molecule has 140 valence electrons. The molecule has 0 heterocycles. The van der Waals surface area contributed by atoms with Crippen molar-refractivity contribution < 1.29 is 19.1 Å². The Kier molecular flexibility index (Phi) is 6.90. The minimum absolute atomic E-state index is 0.233. The van der Waals surface area contributed by atoms with E-state index in [9.17, 15) is 14.9 Å². The van der Waals surface area contributed by atoms with Gasteiger partial charge in [-0.05, 0) is 55.0 Å². The number of ether oxygens (including phenoxy) is 2. The molecule has 0 spiro atoms. The number of esters is 1. The lowest BCUT2D eigenvalue weighted by atomic mass is 10.1. The Labute approximate surface area is 162 Å². The number of hydrogen-bond donors (Lipinski definition) is 1. The lowest BCUT2D eigenvalue weighted by Gasteiger charge is -2.13. The van der Waals surface area contributed by atoms with Crippen molar-refractivity contribution in [2.45, 2.75) is 13.0 Å². The SMILES string of the molecule is COc1ccc(/C=C(\C#N)C(=O)O[C@H](C)C(=O)Nc2ccc(C#N)cc2)cc1. The number of rotatable bonds is 6. The largest absolute Gasteiger partial charge is 0.497 e. The van der Waals surface area contributed by atoms with Crippen LogP contribution in [-0.2, 0) is 14.3 Å². The van der Waals surface area contributed by atoms with Gasteiger partial charge in [0, 0.05) is 5.69 Å². The van der Waals surface area contributed by atoms with Gasteiger partial charge in [-0.25, -0.2) is 4.79 Å². The van der Waals surface area contributed by atoms with Gasteiger partial charge in [0.2, 0.25) is 0 Å². The van der Waals surface area contributed by atoms with E-state index in [1.165, 1.54) is 20.1 Å². The molecule has 2 aromatic rings. The molecule has 0 aromatic heterocycles. The molecule has 0 radical (unpaired) electrons. The molecular formula is C21H17N3O4. The first-order chi connectivity index (χ1) is 13.5. The molecule has 0 aliphatic rings. The summed E-state index contributed by atoms with van der Waals surface area (Å²) in [6.07, 6.45) is 0.253. The molecule has 0 bridgehead atoms. The van der Waals surface area contributed by atoms with Crippen LogP contribution in [0.5, 0.6) is 5.75 Å². The van der Waals surface area contributed by atoms with Crippen molar-refractivity contribution in [3.05, 3.63) is 65.2 Å². The zero-order chi connectivity index (χ0) is 20.5. The van der Waals surface area contributed by atoms with Gasteiger partial charge in [-0.1, -0.05) is 12.1 Å². The highest BCUT2D eigenvalue weighted by atomic mass is 16.5. The van der Waals surface area contributed by atoms with Gasteiger partial charge in [-0.3, -0.25) is 4.79 Å². The normalized spacial score (nSPS) is 11.5. The van der Waals surface area contributed by atoms with Crippen molar-refractivity contribution in [3.63, 3.8) is 0 Å². The van der Waals surface area contributed by atoms with E-state index >= 15 is 0 Å². The Morgan fingerprint density at radius 1 is 1.07 bits per heavy atom. The number of nitrogens with zero attached hydrogens (tertiary/aromatic N) is 2. The van der Waals surface area contributed by atoms with Crippen LogP contribution in [0.3, 0.4) is 0 Å². The summed E-state index contributed by atoms with van der Waals surface area (Å²) < 4.78 is 10.1. The smallest absolute Gasteiger partial charge is 0.349 e. The summed E-state index contributed by atoms with van der Waals surface area (Å²) in [4.78, 5) is 24.4. The van der Waals surface area contributed by atoms with E-state index in [1.807, 2.05) is 6.07 Å². The molecule has 0 saturated carbocycles. The fourth-order valence-corrected chi connectivity index (χ4v) is 2.15. The zero-order valence-corrected chi connectivity index (χ0v) is 15.3. The van der Waals surface area contributed by atoms with E-state index in [2.05, 4.69) is 5.32 Å². The van der Waals surface area contributed by atoms with Crippen LogP contribution >= 0.6 is 0 Å². The van der Waals surface area contributed by atoms with Crippen LogP contribution in [0.25, 0.3) is 6.08 Å². The predicted molar refractivity (Wildman–Crippen MR) is 102 cm³/mol. The van der Waals surface area contributed by atoms with E-state index in [4.69, 9.17) is 14.7 Å². The van der Waals surface area contributed by atoms with Crippen molar-refractivity contribution in [3.8, 4) is 17.9 Å². The number of benzene rings is 2. The Balaban J connectivity index is 2.01. The Morgan fingerprint density at radius 2 is 1.71 bits per heavy atom. The molecule has 1 N–H and O–H groups in total. The molecule has 7 nitrogen and oxygen atoms in total. The number of amides is 1. The fourth-order valence-electron chi connectivity index (χ4n) is 2.15. The molecule has 7 heteroatoms. The lowest BCUT2D eigenvalue weighted by Crippen LogP contribution is -2.30. The Morgan fingerprint density at radius 3 is 2.25 bits per heavy atom. The van der Waals surface area contributed by atoms with Crippen LogP contribution in [0, 0.1) is 22.7 Å². The first kappa shape index (κ1) is 20.2. The molecule has 0 aliphatic carbocycles. The average Bonchev–Trinajstić information content (AvgIpc) is 2.72. The summed E-state index contributed by atoms with van der Waals surface area (Å²) in [5.74, 6) is -0.813. The minimum atomic E-state index is -1.12. The number of anilines is 1. The first-order valence-electron chi connectivity index (χ1n) is 8.24. The van der Waals surface area contributed by atoms with E-state index in [1.54, 1.807) is 54.6 Å². The highest BCUT2D eigenvalue weighted by Crippen LogP contribution is 2.15. The summed E-state index contributed by atoms with van der Waals surface area (Å²) >= 11 is 0. The maximum atomic E-state index is 12.2. The van der Waals surface area contributed by atoms with Crippen molar-refractivity contribution in [1.29, 1.82) is 10.5 Å². The summed E-state index contributed by atoms with van der Waals surface area (Å²) in [6, 6.07) is 16.7. The maximum absolute atomic E-state index is 12.2. The van der Waals surface area contributed by atoms with Gasteiger partial charge in [-0.15, -0.1) is 0 Å². The summed E-state index contributed by atoms with van der Waals surface area (Å²) in [7, 11) is 1.53. The van der Waals surface area contributed by atoms with Gasteiger partial charge in [0.1, 0.15) is 17.4 Å². The van der Waals surface area contributed by atoms with Crippen LogP contribution in [0.2, 0.25) is 0 Å².